The Bertz CT molecular complexity index is 640. The Morgan fingerprint density at radius 3 is 2.57 bits per heavy atom. The maximum atomic E-state index is 12.0. The summed E-state index contributed by atoms with van der Waals surface area (Å²) in [5, 5.41) is 6.24. The van der Waals surface area contributed by atoms with E-state index in [-0.39, 0.29) is 12.1 Å². The lowest BCUT2D eigenvalue weighted by Gasteiger charge is -2.25. The van der Waals surface area contributed by atoms with Crippen LogP contribution in [-0.2, 0) is 0 Å². The quantitative estimate of drug-likeness (QED) is 0.852. The second-order valence-electron chi connectivity index (χ2n) is 5.36. The smallest absolute Gasteiger partial charge is 0.321 e. The molecule has 124 valence electrons. The van der Waals surface area contributed by atoms with Crippen molar-refractivity contribution in [1.82, 2.24) is 15.2 Å². The number of ether oxygens (including phenoxy) is 1. The SMILES string of the molecule is COc1ccc([C@@H](CNC(=O)Nc2ncc(C)s2)N(C)C)cc1. The monoisotopic (exact) mass is 334 g/mol. The molecule has 1 aromatic carbocycles. The van der Waals surface area contributed by atoms with Crippen molar-refractivity contribution in [2.24, 2.45) is 0 Å². The molecule has 0 saturated heterocycles. The summed E-state index contributed by atoms with van der Waals surface area (Å²) in [6.07, 6.45) is 1.74. The van der Waals surface area contributed by atoms with Crippen LogP contribution in [0.15, 0.2) is 30.5 Å². The van der Waals surface area contributed by atoms with E-state index < -0.39 is 0 Å². The average Bonchev–Trinajstić information content (AvgIpc) is 2.92. The van der Waals surface area contributed by atoms with Crippen LogP contribution in [0.2, 0.25) is 0 Å². The van der Waals surface area contributed by atoms with Gasteiger partial charge in [0.1, 0.15) is 5.75 Å². The Labute approximate surface area is 140 Å². The fourth-order valence-electron chi connectivity index (χ4n) is 2.17. The van der Waals surface area contributed by atoms with E-state index in [0.717, 1.165) is 16.2 Å². The number of aromatic nitrogens is 1. The molecule has 2 N–H and O–H groups in total. The number of hydrogen-bond donors (Lipinski definition) is 2. The van der Waals surface area contributed by atoms with Crippen LogP contribution in [0.25, 0.3) is 0 Å². The number of carbonyl (C=O) groups excluding carboxylic acids is 1. The topological polar surface area (TPSA) is 66.5 Å². The minimum absolute atomic E-state index is 0.0738. The molecule has 1 heterocycles. The highest BCUT2D eigenvalue weighted by atomic mass is 32.1. The van der Waals surface area contributed by atoms with E-state index in [4.69, 9.17) is 4.74 Å². The van der Waals surface area contributed by atoms with E-state index in [1.807, 2.05) is 45.3 Å². The number of nitrogens with zero attached hydrogens (tertiary/aromatic N) is 2. The number of carbonyl (C=O) groups is 1. The number of benzene rings is 1. The lowest BCUT2D eigenvalue weighted by atomic mass is 10.1. The van der Waals surface area contributed by atoms with Crippen LogP contribution in [0.5, 0.6) is 5.75 Å². The molecule has 7 heteroatoms. The van der Waals surface area contributed by atoms with Gasteiger partial charge >= 0.3 is 6.03 Å². The molecule has 0 radical (unpaired) electrons. The average molecular weight is 334 g/mol. The fourth-order valence-corrected chi connectivity index (χ4v) is 2.83. The van der Waals surface area contributed by atoms with Gasteiger partial charge in [-0.2, -0.15) is 0 Å². The van der Waals surface area contributed by atoms with Crippen molar-refractivity contribution < 1.29 is 9.53 Å². The number of likely N-dealkylation sites (N-methyl/N-ethyl adjacent to an activating group) is 1. The summed E-state index contributed by atoms with van der Waals surface area (Å²) in [6, 6.07) is 7.68. The van der Waals surface area contributed by atoms with Gasteiger partial charge in [0.2, 0.25) is 0 Å². The first-order valence-corrected chi connectivity index (χ1v) is 8.09. The summed E-state index contributed by atoms with van der Waals surface area (Å²) in [4.78, 5) is 19.2. The van der Waals surface area contributed by atoms with Gasteiger partial charge in [-0.25, -0.2) is 9.78 Å². The van der Waals surface area contributed by atoms with Gasteiger partial charge in [0, 0.05) is 17.6 Å². The number of amides is 2. The van der Waals surface area contributed by atoms with Crippen molar-refractivity contribution >= 4 is 22.5 Å². The first-order valence-electron chi connectivity index (χ1n) is 7.27. The Morgan fingerprint density at radius 2 is 2.04 bits per heavy atom. The normalized spacial score (nSPS) is 12.0. The molecule has 1 aromatic heterocycles. The Morgan fingerprint density at radius 1 is 1.35 bits per heavy atom. The number of methoxy groups -OCH3 is 1. The van der Waals surface area contributed by atoms with E-state index in [0.29, 0.717) is 11.7 Å². The minimum atomic E-state index is -0.250. The van der Waals surface area contributed by atoms with Gasteiger partial charge in [0.25, 0.3) is 0 Å². The molecule has 0 fully saturated rings. The molecule has 1 atom stereocenters. The first kappa shape index (κ1) is 17.2. The van der Waals surface area contributed by atoms with Crippen LogP contribution in [0.1, 0.15) is 16.5 Å². The number of anilines is 1. The predicted molar refractivity (Wildman–Crippen MR) is 93.3 cm³/mol. The highest BCUT2D eigenvalue weighted by Crippen LogP contribution is 2.21. The highest BCUT2D eigenvalue weighted by Gasteiger charge is 2.15. The fraction of sp³-hybridized carbons (Fsp3) is 0.375. The Balaban J connectivity index is 1.94. The zero-order valence-corrected chi connectivity index (χ0v) is 14.6. The molecular formula is C16H22N4O2S. The molecule has 6 nitrogen and oxygen atoms in total. The zero-order valence-electron chi connectivity index (χ0n) is 13.8. The van der Waals surface area contributed by atoms with Gasteiger partial charge in [-0.3, -0.25) is 5.32 Å². The number of aryl methyl sites for hydroxylation is 1. The molecule has 0 bridgehead atoms. The van der Waals surface area contributed by atoms with Crippen LogP contribution in [0, 0.1) is 6.92 Å². The lowest BCUT2D eigenvalue weighted by Crippen LogP contribution is -2.36. The number of nitrogens with one attached hydrogen (secondary N) is 2. The molecule has 0 saturated carbocycles. The van der Waals surface area contributed by atoms with Crippen LogP contribution < -0.4 is 15.4 Å². The molecule has 2 aromatic rings. The number of urea groups is 1. The molecule has 2 rings (SSSR count). The summed E-state index contributed by atoms with van der Waals surface area (Å²) >= 11 is 1.45. The van der Waals surface area contributed by atoms with E-state index >= 15 is 0 Å². The summed E-state index contributed by atoms with van der Waals surface area (Å²) in [6.45, 7) is 2.45. The van der Waals surface area contributed by atoms with Gasteiger partial charge in [-0.1, -0.05) is 12.1 Å². The Hall–Kier alpha value is -2.12. The third-order valence-corrected chi connectivity index (χ3v) is 4.25. The number of rotatable bonds is 6. The summed E-state index contributed by atoms with van der Waals surface area (Å²) in [5.41, 5.74) is 1.11. The molecule has 0 aliphatic rings. The van der Waals surface area contributed by atoms with Crippen LogP contribution in [-0.4, -0.2) is 43.7 Å². The number of hydrogen-bond acceptors (Lipinski definition) is 5. The van der Waals surface area contributed by atoms with Crippen molar-refractivity contribution in [1.29, 1.82) is 0 Å². The second-order valence-corrected chi connectivity index (χ2v) is 6.60. The summed E-state index contributed by atoms with van der Waals surface area (Å²) < 4.78 is 5.18. The van der Waals surface area contributed by atoms with Gasteiger partial charge in [0.15, 0.2) is 5.13 Å². The molecule has 0 aliphatic carbocycles. The van der Waals surface area contributed by atoms with Crippen LogP contribution in [0.3, 0.4) is 0 Å². The first-order chi connectivity index (χ1) is 11.0. The number of thiazole rings is 1. The van der Waals surface area contributed by atoms with Crippen molar-refractivity contribution in [3.8, 4) is 5.75 Å². The van der Waals surface area contributed by atoms with Gasteiger partial charge < -0.3 is 15.0 Å². The molecule has 0 spiro atoms. The zero-order chi connectivity index (χ0) is 16.8. The van der Waals surface area contributed by atoms with Gasteiger partial charge in [-0.15, -0.1) is 11.3 Å². The molecule has 0 unspecified atom stereocenters. The minimum Gasteiger partial charge on any atom is -0.497 e. The lowest BCUT2D eigenvalue weighted by molar-refractivity contribution is 0.243. The van der Waals surface area contributed by atoms with Gasteiger partial charge in [-0.05, 0) is 38.7 Å². The predicted octanol–water partition coefficient (Wildman–Crippen LogP) is 2.88. The van der Waals surface area contributed by atoms with Crippen molar-refractivity contribution in [3.63, 3.8) is 0 Å². The van der Waals surface area contributed by atoms with E-state index in [1.165, 1.54) is 11.3 Å². The summed E-state index contributed by atoms with van der Waals surface area (Å²) in [7, 11) is 5.61. The summed E-state index contributed by atoms with van der Waals surface area (Å²) in [5.74, 6) is 0.816. The van der Waals surface area contributed by atoms with Crippen LogP contribution in [0.4, 0.5) is 9.93 Å². The van der Waals surface area contributed by atoms with Gasteiger partial charge in [0.05, 0.1) is 13.2 Å². The third kappa shape index (κ3) is 4.94. The maximum absolute atomic E-state index is 12.0. The largest absolute Gasteiger partial charge is 0.497 e. The van der Waals surface area contributed by atoms with E-state index in [1.54, 1.807) is 13.3 Å². The van der Waals surface area contributed by atoms with Crippen LogP contribution >= 0.6 is 11.3 Å². The van der Waals surface area contributed by atoms with Crippen molar-refractivity contribution in [2.45, 2.75) is 13.0 Å². The molecule has 23 heavy (non-hydrogen) atoms. The standard InChI is InChI=1S/C16H22N4O2S/c1-11-9-18-16(23-11)19-15(21)17-10-14(20(2)3)12-5-7-13(22-4)8-6-12/h5-9,14H,10H2,1-4H3,(H2,17,18,19,21)/t14-/m1/s1. The molecular weight excluding hydrogens is 312 g/mol. The Kier molecular flexibility index (Phi) is 5.95. The molecule has 0 aliphatic heterocycles. The van der Waals surface area contributed by atoms with Crippen molar-refractivity contribution in [2.75, 3.05) is 33.1 Å². The second kappa shape index (κ2) is 7.94. The van der Waals surface area contributed by atoms with Crippen molar-refractivity contribution in [3.05, 3.63) is 40.9 Å². The maximum Gasteiger partial charge on any atom is 0.321 e. The van der Waals surface area contributed by atoms with E-state index in [2.05, 4.69) is 20.5 Å². The molecule has 2 amide bonds. The highest BCUT2D eigenvalue weighted by molar-refractivity contribution is 7.15. The van der Waals surface area contributed by atoms with E-state index in [9.17, 15) is 4.79 Å². The third-order valence-electron chi connectivity index (χ3n) is 3.42.